The molecule has 148 valence electrons. The van der Waals surface area contributed by atoms with Crippen LogP contribution in [0.4, 0.5) is 0 Å². The van der Waals surface area contributed by atoms with Crippen LogP contribution < -0.4 is 9.47 Å². The number of hydrogen-bond acceptors (Lipinski definition) is 5. The molecule has 1 atom stereocenters. The van der Waals surface area contributed by atoms with E-state index in [-0.39, 0.29) is 17.7 Å². The largest absolute Gasteiger partial charge is 0.486 e. The fourth-order valence-electron chi connectivity index (χ4n) is 4.00. The third kappa shape index (κ3) is 3.35. The molecule has 0 spiro atoms. The molecule has 2 aromatic carbocycles. The van der Waals surface area contributed by atoms with Crippen LogP contribution in [0, 0.1) is 6.92 Å². The molecule has 1 fully saturated rings. The SMILES string of the molecule is Cc1ccc(-c2cc(C(=O)N3CCCC3c3ccc4c(c3)OCCO4)on2)cc1. The summed E-state index contributed by atoms with van der Waals surface area (Å²) < 4.78 is 16.7. The molecule has 1 saturated heterocycles. The van der Waals surface area contributed by atoms with Crippen LogP contribution in [0.15, 0.2) is 53.1 Å². The average molecular weight is 390 g/mol. The first-order chi connectivity index (χ1) is 14.2. The van der Waals surface area contributed by atoms with Crippen molar-refractivity contribution in [2.45, 2.75) is 25.8 Å². The summed E-state index contributed by atoms with van der Waals surface area (Å²) in [7, 11) is 0. The number of carbonyl (C=O) groups is 1. The highest BCUT2D eigenvalue weighted by molar-refractivity contribution is 5.93. The Balaban J connectivity index is 1.39. The number of rotatable bonds is 3. The molecule has 5 rings (SSSR count). The first-order valence-corrected chi connectivity index (χ1v) is 9.93. The van der Waals surface area contributed by atoms with Crippen molar-refractivity contribution in [2.75, 3.05) is 19.8 Å². The summed E-state index contributed by atoms with van der Waals surface area (Å²) in [5.41, 5.74) is 3.83. The second-order valence-corrected chi connectivity index (χ2v) is 7.50. The highest BCUT2D eigenvalue weighted by atomic mass is 16.6. The van der Waals surface area contributed by atoms with Gasteiger partial charge in [-0.1, -0.05) is 41.1 Å². The number of aryl methyl sites for hydroxylation is 1. The van der Waals surface area contributed by atoms with Gasteiger partial charge in [0.25, 0.3) is 5.91 Å². The van der Waals surface area contributed by atoms with Gasteiger partial charge in [-0.2, -0.15) is 0 Å². The van der Waals surface area contributed by atoms with E-state index in [0.717, 1.165) is 35.5 Å². The predicted molar refractivity (Wildman–Crippen MR) is 107 cm³/mol. The lowest BCUT2D eigenvalue weighted by Gasteiger charge is -2.26. The summed E-state index contributed by atoms with van der Waals surface area (Å²) in [5.74, 6) is 1.64. The van der Waals surface area contributed by atoms with Crippen molar-refractivity contribution in [2.24, 2.45) is 0 Å². The summed E-state index contributed by atoms with van der Waals surface area (Å²) >= 11 is 0. The molecule has 0 saturated carbocycles. The standard InChI is InChI=1S/C23H22N2O4/c1-15-4-6-16(7-5-15)18-14-22(29-24-18)23(26)25-10-2-3-19(25)17-8-9-20-21(13-17)28-12-11-27-20/h4-9,13-14,19H,2-3,10-12H2,1H3. The molecule has 0 N–H and O–H groups in total. The summed E-state index contributed by atoms with van der Waals surface area (Å²) in [6.45, 7) is 3.84. The van der Waals surface area contributed by atoms with E-state index in [0.29, 0.717) is 25.5 Å². The number of nitrogens with zero attached hydrogens (tertiary/aromatic N) is 2. The zero-order valence-electron chi connectivity index (χ0n) is 16.3. The Morgan fingerprint density at radius 3 is 2.66 bits per heavy atom. The van der Waals surface area contributed by atoms with Crippen molar-refractivity contribution in [3.8, 4) is 22.8 Å². The third-order valence-electron chi connectivity index (χ3n) is 5.53. The highest BCUT2D eigenvalue weighted by Gasteiger charge is 2.33. The molecule has 6 nitrogen and oxygen atoms in total. The van der Waals surface area contributed by atoms with Crippen LogP contribution in [0.1, 0.15) is 40.6 Å². The zero-order valence-corrected chi connectivity index (χ0v) is 16.3. The maximum Gasteiger partial charge on any atom is 0.292 e. The Labute approximate surface area is 169 Å². The van der Waals surface area contributed by atoms with Crippen molar-refractivity contribution in [1.82, 2.24) is 10.1 Å². The lowest BCUT2D eigenvalue weighted by Crippen LogP contribution is -2.30. The Morgan fingerprint density at radius 2 is 1.83 bits per heavy atom. The van der Waals surface area contributed by atoms with Gasteiger partial charge in [-0.3, -0.25) is 4.79 Å². The summed E-state index contributed by atoms with van der Waals surface area (Å²) in [6.07, 6.45) is 1.86. The number of hydrogen-bond donors (Lipinski definition) is 0. The Bertz CT molecular complexity index is 1040. The molecule has 0 radical (unpaired) electrons. The molecule has 2 aliphatic rings. The second kappa shape index (κ2) is 7.28. The molecular formula is C23H22N2O4. The van der Waals surface area contributed by atoms with E-state index in [9.17, 15) is 4.79 Å². The molecule has 6 heteroatoms. The second-order valence-electron chi connectivity index (χ2n) is 7.50. The van der Waals surface area contributed by atoms with Crippen LogP contribution in [0.5, 0.6) is 11.5 Å². The van der Waals surface area contributed by atoms with Gasteiger partial charge in [0, 0.05) is 18.2 Å². The molecule has 0 bridgehead atoms. The van der Waals surface area contributed by atoms with E-state index >= 15 is 0 Å². The van der Waals surface area contributed by atoms with E-state index in [1.54, 1.807) is 6.07 Å². The van der Waals surface area contributed by atoms with Crippen LogP contribution in [0.3, 0.4) is 0 Å². The zero-order chi connectivity index (χ0) is 19.8. The average Bonchev–Trinajstić information content (AvgIpc) is 3.44. The third-order valence-corrected chi connectivity index (χ3v) is 5.53. The normalized spacial score (nSPS) is 18.1. The Morgan fingerprint density at radius 1 is 1.03 bits per heavy atom. The van der Waals surface area contributed by atoms with Gasteiger partial charge >= 0.3 is 0 Å². The van der Waals surface area contributed by atoms with E-state index in [2.05, 4.69) is 5.16 Å². The number of likely N-dealkylation sites (tertiary alicyclic amines) is 1. The molecule has 0 aliphatic carbocycles. The molecule has 1 amide bonds. The minimum Gasteiger partial charge on any atom is -0.486 e. The number of carbonyl (C=O) groups excluding carboxylic acids is 1. The number of aromatic nitrogens is 1. The van der Waals surface area contributed by atoms with Crippen LogP contribution in [0.25, 0.3) is 11.3 Å². The lowest BCUT2D eigenvalue weighted by molar-refractivity contribution is 0.0693. The Hall–Kier alpha value is -3.28. The van der Waals surface area contributed by atoms with Crippen LogP contribution in [0.2, 0.25) is 0 Å². The predicted octanol–water partition coefficient (Wildman–Crippen LogP) is 4.40. The molecule has 1 unspecified atom stereocenters. The number of ether oxygens (including phenoxy) is 2. The number of amides is 1. The quantitative estimate of drug-likeness (QED) is 0.663. The van der Waals surface area contributed by atoms with Crippen molar-refractivity contribution >= 4 is 5.91 Å². The monoisotopic (exact) mass is 390 g/mol. The van der Waals surface area contributed by atoms with Gasteiger partial charge in [-0.15, -0.1) is 0 Å². The topological polar surface area (TPSA) is 64.8 Å². The summed E-state index contributed by atoms with van der Waals surface area (Å²) in [4.78, 5) is 15.0. The van der Waals surface area contributed by atoms with Gasteiger partial charge in [0.15, 0.2) is 11.5 Å². The van der Waals surface area contributed by atoms with Crippen molar-refractivity contribution in [3.63, 3.8) is 0 Å². The molecule has 1 aromatic heterocycles. The van der Waals surface area contributed by atoms with E-state index in [1.807, 2.05) is 54.3 Å². The maximum absolute atomic E-state index is 13.2. The number of fused-ring (bicyclic) bond motifs is 1. The fraction of sp³-hybridized carbons (Fsp3) is 0.304. The van der Waals surface area contributed by atoms with Gasteiger partial charge < -0.3 is 18.9 Å². The lowest BCUT2D eigenvalue weighted by atomic mass is 10.0. The molecular weight excluding hydrogens is 368 g/mol. The van der Waals surface area contributed by atoms with Gasteiger partial charge in [0.2, 0.25) is 5.76 Å². The number of benzene rings is 2. The molecule has 3 aromatic rings. The van der Waals surface area contributed by atoms with Gasteiger partial charge in [-0.25, -0.2) is 0 Å². The van der Waals surface area contributed by atoms with Crippen LogP contribution >= 0.6 is 0 Å². The fourth-order valence-corrected chi connectivity index (χ4v) is 4.00. The highest BCUT2D eigenvalue weighted by Crippen LogP contribution is 2.38. The minimum atomic E-state index is -0.131. The molecule has 3 heterocycles. The summed E-state index contributed by atoms with van der Waals surface area (Å²) in [5, 5.41) is 4.10. The first kappa shape index (κ1) is 17.8. The van der Waals surface area contributed by atoms with Crippen LogP contribution in [-0.2, 0) is 0 Å². The van der Waals surface area contributed by atoms with Gasteiger partial charge in [0.05, 0.1) is 6.04 Å². The van der Waals surface area contributed by atoms with Gasteiger partial charge in [0.1, 0.15) is 18.9 Å². The van der Waals surface area contributed by atoms with E-state index < -0.39 is 0 Å². The smallest absolute Gasteiger partial charge is 0.292 e. The van der Waals surface area contributed by atoms with Crippen molar-refractivity contribution in [3.05, 3.63) is 65.4 Å². The Kier molecular flexibility index (Phi) is 4.46. The van der Waals surface area contributed by atoms with Crippen molar-refractivity contribution in [1.29, 1.82) is 0 Å². The van der Waals surface area contributed by atoms with Gasteiger partial charge in [-0.05, 0) is 37.5 Å². The molecule has 29 heavy (non-hydrogen) atoms. The maximum atomic E-state index is 13.2. The first-order valence-electron chi connectivity index (χ1n) is 9.93. The summed E-state index contributed by atoms with van der Waals surface area (Å²) in [6, 6.07) is 15.6. The van der Waals surface area contributed by atoms with Crippen molar-refractivity contribution < 1.29 is 18.8 Å². The molecule has 2 aliphatic heterocycles. The van der Waals surface area contributed by atoms with E-state index in [4.69, 9.17) is 14.0 Å². The minimum absolute atomic E-state index is 0.00810. The van der Waals surface area contributed by atoms with Crippen LogP contribution in [-0.4, -0.2) is 35.7 Å². The van der Waals surface area contributed by atoms with E-state index in [1.165, 1.54) is 5.56 Å².